The van der Waals surface area contributed by atoms with Crippen LogP contribution >= 0.6 is 0 Å². The summed E-state index contributed by atoms with van der Waals surface area (Å²) in [7, 11) is 1.66. The summed E-state index contributed by atoms with van der Waals surface area (Å²) >= 11 is 0. The van der Waals surface area contributed by atoms with Gasteiger partial charge in [-0.2, -0.15) is 0 Å². The molecule has 0 amide bonds. The lowest BCUT2D eigenvalue weighted by Gasteiger charge is -2.00. The normalized spacial score (nSPS) is 11.4. The number of hydrogen-bond acceptors (Lipinski definition) is 5. The van der Waals surface area contributed by atoms with Crippen molar-refractivity contribution in [3.8, 4) is 0 Å². The van der Waals surface area contributed by atoms with Gasteiger partial charge in [-0.3, -0.25) is 4.79 Å². The molecule has 1 atom stereocenters. The topological polar surface area (TPSA) is 65.0 Å². The van der Waals surface area contributed by atoms with Crippen LogP contribution in [0.15, 0.2) is 0 Å². The number of rotatable bonds is 8. The van der Waals surface area contributed by atoms with Gasteiger partial charge in [-0.25, -0.2) is 0 Å². The van der Waals surface area contributed by atoms with Gasteiger partial charge in [0.05, 0.1) is 19.3 Å². The van der Waals surface area contributed by atoms with E-state index in [4.69, 9.17) is 19.3 Å². The monoisotopic (exact) mass is 250 g/mol. The minimum absolute atomic E-state index is 0.211. The van der Waals surface area contributed by atoms with Gasteiger partial charge in [-0.15, -0.1) is 0 Å². The molecule has 104 valence electrons. The average Bonchev–Trinajstić information content (AvgIpc) is 2.26. The van der Waals surface area contributed by atoms with Gasteiger partial charge in [-0.1, -0.05) is 0 Å². The molecule has 0 rings (SSSR count). The van der Waals surface area contributed by atoms with Gasteiger partial charge in [0, 0.05) is 27.2 Å². The first-order valence-corrected chi connectivity index (χ1v) is 5.92. The number of methoxy groups -OCH3 is 1. The van der Waals surface area contributed by atoms with Crippen LogP contribution in [0.3, 0.4) is 0 Å². The molecule has 0 aliphatic rings. The molecule has 0 aliphatic heterocycles. The Bertz CT molecular complexity index is 159. The van der Waals surface area contributed by atoms with Crippen molar-refractivity contribution in [1.29, 1.82) is 0 Å². The van der Waals surface area contributed by atoms with Crippen molar-refractivity contribution >= 4 is 5.97 Å². The zero-order chi connectivity index (χ0) is 13.5. The van der Waals surface area contributed by atoms with Crippen molar-refractivity contribution < 1.29 is 24.1 Å². The van der Waals surface area contributed by atoms with Crippen molar-refractivity contribution in [2.24, 2.45) is 0 Å². The van der Waals surface area contributed by atoms with E-state index in [1.807, 2.05) is 6.92 Å². The molecule has 1 N–H and O–H groups in total. The number of aliphatic hydroxyl groups excluding tert-OH is 1. The van der Waals surface area contributed by atoms with Crippen LogP contribution in [0.2, 0.25) is 0 Å². The van der Waals surface area contributed by atoms with Crippen LogP contribution in [-0.2, 0) is 19.0 Å². The number of unbranched alkanes of at least 4 members (excludes halogenated alkanes) is 1. The quantitative estimate of drug-likeness (QED) is 0.521. The van der Waals surface area contributed by atoms with Gasteiger partial charge in [0.2, 0.25) is 0 Å². The Morgan fingerprint density at radius 3 is 2.24 bits per heavy atom. The Hall–Kier alpha value is -0.650. The van der Waals surface area contributed by atoms with Gasteiger partial charge in [-0.05, 0) is 26.7 Å². The highest BCUT2D eigenvalue weighted by atomic mass is 16.5. The molecule has 0 aromatic carbocycles. The molecule has 0 bridgehead atoms. The van der Waals surface area contributed by atoms with E-state index >= 15 is 0 Å². The summed E-state index contributed by atoms with van der Waals surface area (Å²) in [6, 6.07) is 0. The maximum absolute atomic E-state index is 10.2. The van der Waals surface area contributed by atoms with Crippen LogP contribution in [0.4, 0.5) is 0 Å². The minimum atomic E-state index is -0.319. The smallest absolute Gasteiger partial charge is 0.302 e. The second-order valence-electron chi connectivity index (χ2n) is 3.55. The SMILES string of the molecule is CCOCC(C)O.COCCCCOC(C)=O. The lowest BCUT2D eigenvalue weighted by atomic mass is 10.3. The predicted molar refractivity (Wildman–Crippen MR) is 65.9 cm³/mol. The van der Waals surface area contributed by atoms with E-state index in [-0.39, 0.29) is 12.1 Å². The van der Waals surface area contributed by atoms with Gasteiger partial charge in [0.25, 0.3) is 0 Å². The summed E-state index contributed by atoms with van der Waals surface area (Å²) in [5, 5.41) is 8.56. The molecule has 17 heavy (non-hydrogen) atoms. The molecule has 0 aliphatic carbocycles. The summed E-state index contributed by atoms with van der Waals surface area (Å²) in [6.07, 6.45) is 1.51. The van der Waals surface area contributed by atoms with Crippen molar-refractivity contribution in [2.75, 3.05) is 33.5 Å². The number of ether oxygens (including phenoxy) is 3. The van der Waals surface area contributed by atoms with E-state index in [1.165, 1.54) is 6.92 Å². The van der Waals surface area contributed by atoms with Crippen LogP contribution in [-0.4, -0.2) is 50.7 Å². The molecular weight excluding hydrogens is 224 g/mol. The van der Waals surface area contributed by atoms with E-state index in [1.54, 1.807) is 14.0 Å². The molecule has 0 radical (unpaired) electrons. The Morgan fingerprint density at radius 1 is 1.29 bits per heavy atom. The van der Waals surface area contributed by atoms with Gasteiger partial charge >= 0.3 is 5.97 Å². The highest BCUT2D eigenvalue weighted by Crippen LogP contribution is 1.90. The van der Waals surface area contributed by atoms with Crippen LogP contribution in [0, 0.1) is 0 Å². The third kappa shape index (κ3) is 25.5. The molecule has 5 nitrogen and oxygen atoms in total. The van der Waals surface area contributed by atoms with Gasteiger partial charge < -0.3 is 19.3 Å². The van der Waals surface area contributed by atoms with E-state index in [9.17, 15) is 4.79 Å². The number of carbonyl (C=O) groups excluding carboxylic acids is 1. The Balaban J connectivity index is 0. The first kappa shape index (κ1) is 18.7. The summed E-state index contributed by atoms with van der Waals surface area (Å²) in [4.78, 5) is 10.2. The second kappa shape index (κ2) is 15.4. The van der Waals surface area contributed by atoms with Crippen molar-refractivity contribution in [1.82, 2.24) is 0 Å². The molecule has 0 saturated carbocycles. The molecule has 0 fully saturated rings. The maximum Gasteiger partial charge on any atom is 0.302 e. The van der Waals surface area contributed by atoms with E-state index in [0.717, 1.165) is 19.4 Å². The first-order valence-electron chi connectivity index (χ1n) is 5.92. The number of carbonyl (C=O) groups is 1. The van der Waals surface area contributed by atoms with Crippen molar-refractivity contribution in [3.05, 3.63) is 0 Å². The molecule has 0 aromatic rings. The standard InChI is InChI=1S/C7H14O3.C5H12O2/c1-7(8)10-6-4-3-5-9-2;1-3-7-4-5(2)6/h3-6H2,1-2H3;5-6H,3-4H2,1-2H3. The summed E-state index contributed by atoms with van der Waals surface area (Å²) in [5.74, 6) is -0.211. The summed E-state index contributed by atoms with van der Waals surface area (Å²) < 4.78 is 14.3. The lowest BCUT2D eigenvalue weighted by molar-refractivity contribution is -0.141. The van der Waals surface area contributed by atoms with Crippen LogP contribution in [0.5, 0.6) is 0 Å². The van der Waals surface area contributed by atoms with Gasteiger partial charge in [0.1, 0.15) is 0 Å². The third-order valence-electron chi connectivity index (χ3n) is 1.61. The summed E-state index contributed by atoms with van der Waals surface area (Å²) in [6.45, 7) is 7.41. The Labute approximate surface area is 104 Å². The molecule has 0 spiro atoms. The fourth-order valence-corrected chi connectivity index (χ4v) is 0.853. The molecule has 1 unspecified atom stereocenters. The third-order valence-corrected chi connectivity index (χ3v) is 1.61. The van der Waals surface area contributed by atoms with E-state index in [2.05, 4.69) is 0 Å². The van der Waals surface area contributed by atoms with E-state index in [0.29, 0.717) is 19.8 Å². The highest BCUT2D eigenvalue weighted by molar-refractivity contribution is 5.65. The largest absolute Gasteiger partial charge is 0.466 e. The second-order valence-corrected chi connectivity index (χ2v) is 3.55. The average molecular weight is 250 g/mol. The summed E-state index contributed by atoms with van der Waals surface area (Å²) in [5.41, 5.74) is 0. The molecule has 0 saturated heterocycles. The highest BCUT2D eigenvalue weighted by Gasteiger charge is 1.91. The maximum atomic E-state index is 10.2. The van der Waals surface area contributed by atoms with E-state index < -0.39 is 0 Å². The minimum Gasteiger partial charge on any atom is -0.466 e. The Kier molecular flexibility index (Phi) is 16.9. The van der Waals surface area contributed by atoms with Gasteiger partial charge in [0.15, 0.2) is 0 Å². The first-order chi connectivity index (χ1) is 8.04. The van der Waals surface area contributed by atoms with Crippen LogP contribution in [0.1, 0.15) is 33.6 Å². The number of esters is 1. The fourth-order valence-electron chi connectivity index (χ4n) is 0.853. The molecule has 5 heteroatoms. The lowest BCUT2D eigenvalue weighted by Crippen LogP contribution is -2.09. The van der Waals surface area contributed by atoms with Crippen LogP contribution in [0.25, 0.3) is 0 Å². The predicted octanol–water partition coefficient (Wildman–Crippen LogP) is 1.38. The zero-order valence-electron chi connectivity index (χ0n) is 11.4. The number of hydrogen-bond donors (Lipinski definition) is 1. The Morgan fingerprint density at radius 2 is 1.88 bits per heavy atom. The molecule has 0 aromatic heterocycles. The molecule has 0 heterocycles. The van der Waals surface area contributed by atoms with Crippen LogP contribution < -0.4 is 0 Å². The molecular formula is C12H26O5. The zero-order valence-corrected chi connectivity index (χ0v) is 11.4. The van der Waals surface area contributed by atoms with Crippen molar-refractivity contribution in [3.63, 3.8) is 0 Å². The number of aliphatic hydroxyl groups is 1. The van der Waals surface area contributed by atoms with Crippen molar-refractivity contribution in [2.45, 2.75) is 39.7 Å². The fraction of sp³-hybridized carbons (Fsp3) is 0.917.